The van der Waals surface area contributed by atoms with Gasteiger partial charge in [-0.15, -0.1) is 0 Å². The van der Waals surface area contributed by atoms with E-state index in [9.17, 15) is 4.79 Å². The predicted molar refractivity (Wildman–Crippen MR) is 112 cm³/mol. The second-order valence-corrected chi connectivity index (χ2v) is 7.18. The number of esters is 1. The number of rotatable bonds is 7. The van der Waals surface area contributed by atoms with Gasteiger partial charge in [-0.1, -0.05) is 23.8 Å². The van der Waals surface area contributed by atoms with E-state index < -0.39 is 5.97 Å². The van der Waals surface area contributed by atoms with Crippen molar-refractivity contribution in [2.45, 2.75) is 27.4 Å². The molecule has 0 heterocycles. The van der Waals surface area contributed by atoms with Crippen LogP contribution in [-0.2, 0) is 11.3 Å². The molecule has 2 aromatic carbocycles. The lowest BCUT2D eigenvalue weighted by Gasteiger charge is -2.13. The molecule has 2 aromatic rings. The third-order valence-electron chi connectivity index (χ3n) is 4.24. The number of carbonyl (C=O) groups excluding carboxylic acids is 1. The highest BCUT2D eigenvalue weighted by Gasteiger charge is 2.17. The lowest BCUT2D eigenvalue weighted by Crippen LogP contribution is -2.14. The Morgan fingerprint density at radius 2 is 2.00 bits per heavy atom. The summed E-state index contributed by atoms with van der Waals surface area (Å²) in [5, 5.41) is 0. The molecule has 0 aliphatic carbocycles. The minimum absolute atomic E-state index is 0.215. The van der Waals surface area contributed by atoms with Crippen molar-refractivity contribution in [1.82, 2.24) is 4.90 Å². The molecule has 144 valence electrons. The Morgan fingerprint density at radius 1 is 1.26 bits per heavy atom. The quantitative estimate of drug-likeness (QED) is 0.349. The molecule has 0 atom stereocenters. The van der Waals surface area contributed by atoms with E-state index in [2.05, 4.69) is 27.0 Å². The number of methoxy groups -OCH3 is 1. The Labute approximate surface area is 169 Å². The fourth-order valence-corrected chi connectivity index (χ4v) is 2.89. The van der Waals surface area contributed by atoms with Gasteiger partial charge in [-0.3, -0.25) is 0 Å². The van der Waals surface area contributed by atoms with E-state index in [4.69, 9.17) is 9.47 Å². The van der Waals surface area contributed by atoms with Crippen LogP contribution in [0.5, 0.6) is 5.75 Å². The minimum Gasteiger partial charge on any atom is -0.496 e. The van der Waals surface area contributed by atoms with Gasteiger partial charge in [0.15, 0.2) is 0 Å². The molecular weight excluding hydrogens is 408 g/mol. The van der Waals surface area contributed by atoms with Crippen LogP contribution in [0.4, 0.5) is 5.69 Å². The first kappa shape index (κ1) is 21.0. The summed E-state index contributed by atoms with van der Waals surface area (Å²) in [5.41, 5.74) is 4.30. The van der Waals surface area contributed by atoms with Gasteiger partial charge in [-0.2, -0.15) is 0 Å². The van der Waals surface area contributed by atoms with Crippen molar-refractivity contribution in [3.8, 4) is 5.75 Å². The summed E-state index contributed by atoms with van der Waals surface area (Å²) in [5.74, 6) is -0.0103. The molecule has 0 radical (unpaired) electrons. The first-order chi connectivity index (χ1) is 12.8. The second-order valence-electron chi connectivity index (χ2n) is 6.33. The van der Waals surface area contributed by atoms with Gasteiger partial charge in [0.05, 0.1) is 19.1 Å². The minimum atomic E-state index is -0.436. The van der Waals surface area contributed by atoms with Crippen LogP contribution in [0.25, 0.3) is 0 Å². The molecule has 0 unspecified atom stereocenters. The Balaban J connectivity index is 2.20. The lowest BCUT2D eigenvalue weighted by atomic mass is 10.1. The summed E-state index contributed by atoms with van der Waals surface area (Å²) in [6.45, 7) is 7.14. The summed E-state index contributed by atoms with van der Waals surface area (Å²) >= 11 is 3.47. The third-order valence-corrected chi connectivity index (χ3v) is 4.87. The first-order valence-electron chi connectivity index (χ1n) is 8.71. The van der Waals surface area contributed by atoms with Crippen LogP contribution in [0.3, 0.4) is 0 Å². The van der Waals surface area contributed by atoms with Crippen molar-refractivity contribution >= 4 is 33.9 Å². The average Bonchev–Trinajstić information content (AvgIpc) is 2.65. The van der Waals surface area contributed by atoms with Gasteiger partial charge in [-0.05, 0) is 53.9 Å². The number of hydrogen-bond donors (Lipinski definition) is 0. The second kappa shape index (κ2) is 9.55. The van der Waals surface area contributed by atoms with Gasteiger partial charge >= 0.3 is 5.97 Å². The third kappa shape index (κ3) is 5.57. The van der Waals surface area contributed by atoms with Gasteiger partial charge < -0.3 is 14.4 Å². The molecule has 0 aromatic heterocycles. The molecule has 0 amide bonds. The van der Waals surface area contributed by atoms with E-state index >= 15 is 0 Å². The Bertz CT molecular complexity index is 850. The van der Waals surface area contributed by atoms with Crippen molar-refractivity contribution in [1.29, 1.82) is 0 Å². The highest BCUT2D eigenvalue weighted by Crippen LogP contribution is 2.33. The van der Waals surface area contributed by atoms with E-state index in [-0.39, 0.29) is 6.61 Å². The maximum atomic E-state index is 12.6. The molecule has 6 heteroatoms. The number of hydrogen-bond acceptors (Lipinski definition) is 4. The van der Waals surface area contributed by atoms with Crippen LogP contribution in [0, 0.1) is 13.8 Å². The van der Waals surface area contributed by atoms with E-state index in [1.165, 1.54) is 12.7 Å². The predicted octanol–water partition coefficient (Wildman–Crippen LogP) is 5.04. The molecule has 0 N–H and O–H groups in total. The number of aliphatic imine (C=N–C) groups is 1. The van der Waals surface area contributed by atoms with Crippen LogP contribution < -0.4 is 4.74 Å². The van der Waals surface area contributed by atoms with E-state index in [1.54, 1.807) is 18.5 Å². The topological polar surface area (TPSA) is 51.1 Å². The maximum absolute atomic E-state index is 12.6. The van der Waals surface area contributed by atoms with Crippen LogP contribution in [-0.4, -0.2) is 37.9 Å². The zero-order chi connectivity index (χ0) is 20.0. The van der Waals surface area contributed by atoms with Gasteiger partial charge in [0, 0.05) is 24.1 Å². The molecule has 27 heavy (non-hydrogen) atoms. The number of halogens is 1. The number of carbonyl (C=O) groups is 1. The Kier molecular flexibility index (Phi) is 7.42. The SMILES string of the molecule is CCN(C)C=Nc1cc(OC)c(C(=O)OCc2ccc(C)cc2C)cc1Br. The van der Waals surface area contributed by atoms with Crippen molar-refractivity contribution in [3.05, 3.63) is 57.1 Å². The van der Waals surface area contributed by atoms with E-state index in [0.717, 1.165) is 17.7 Å². The molecule has 0 fully saturated rings. The number of nitrogens with zero attached hydrogens (tertiary/aromatic N) is 2. The fourth-order valence-electron chi connectivity index (χ4n) is 2.44. The maximum Gasteiger partial charge on any atom is 0.342 e. The Morgan fingerprint density at radius 3 is 2.63 bits per heavy atom. The van der Waals surface area contributed by atoms with Crippen molar-refractivity contribution in [2.24, 2.45) is 4.99 Å². The van der Waals surface area contributed by atoms with Gasteiger partial charge in [0.25, 0.3) is 0 Å². The molecule has 0 bridgehead atoms. The van der Waals surface area contributed by atoms with Gasteiger partial charge in [-0.25, -0.2) is 9.79 Å². The average molecular weight is 433 g/mol. The van der Waals surface area contributed by atoms with Crippen LogP contribution >= 0.6 is 15.9 Å². The zero-order valence-corrected chi connectivity index (χ0v) is 18.0. The fraction of sp³-hybridized carbons (Fsp3) is 0.333. The molecule has 0 aliphatic heterocycles. The number of ether oxygens (including phenoxy) is 2. The smallest absolute Gasteiger partial charge is 0.342 e. The first-order valence-corrected chi connectivity index (χ1v) is 9.50. The highest BCUT2D eigenvalue weighted by atomic mass is 79.9. The van der Waals surface area contributed by atoms with Crippen LogP contribution in [0.15, 0.2) is 39.8 Å². The van der Waals surface area contributed by atoms with Crippen LogP contribution in [0.2, 0.25) is 0 Å². The van der Waals surface area contributed by atoms with Gasteiger partial charge in [0.2, 0.25) is 0 Å². The largest absolute Gasteiger partial charge is 0.496 e. The normalized spacial score (nSPS) is 10.9. The molecular formula is C21H25BrN2O3. The van der Waals surface area contributed by atoms with Crippen LogP contribution in [0.1, 0.15) is 34.0 Å². The molecule has 5 nitrogen and oxygen atoms in total. The monoisotopic (exact) mass is 432 g/mol. The lowest BCUT2D eigenvalue weighted by molar-refractivity contribution is 0.0468. The molecule has 0 saturated carbocycles. The number of benzene rings is 2. The Hall–Kier alpha value is -2.34. The summed E-state index contributed by atoms with van der Waals surface area (Å²) in [4.78, 5) is 19.0. The summed E-state index contributed by atoms with van der Waals surface area (Å²) < 4.78 is 11.6. The molecule has 0 saturated heterocycles. The highest BCUT2D eigenvalue weighted by molar-refractivity contribution is 9.10. The van der Waals surface area contributed by atoms with Crippen molar-refractivity contribution < 1.29 is 14.3 Å². The summed E-state index contributed by atoms with van der Waals surface area (Å²) in [7, 11) is 3.46. The number of aryl methyl sites for hydroxylation is 2. The molecule has 0 aliphatic rings. The van der Waals surface area contributed by atoms with Crippen molar-refractivity contribution in [2.75, 3.05) is 20.7 Å². The van der Waals surface area contributed by atoms with E-state index in [0.29, 0.717) is 21.5 Å². The standard InChI is InChI=1S/C21H25BrN2O3/c1-6-24(4)13-23-19-11-20(26-5)17(10-18(19)22)21(25)27-12-16-8-7-14(2)9-15(16)3/h7-11,13H,6,12H2,1-5H3. The van der Waals surface area contributed by atoms with Gasteiger partial charge in [0.1, 0.15) is 17.9 Å². The summed E-state index contributed by atoms with van der Waals surface area (Å²) in [6.07, 6.45) is 1.73. The van der Waals surface area contributed by atoms with E-state index in [1.807, 2.05) is 44.9 Å². The molecule has 2 rings (SSSR count). The molecule has 0 spiro atoms. The summed E-state index contributed by atoms with van der Waals surface area (Å²) in [6, 6.07) is 9.46. The zero-order valence-electron chi connectivity index (χ0n) is 16.4. The van der Waals surface area contributed by atoms with Crippen molar-refractivity contribution in [3.63, 3.8) is 0 Å².